The summed E-state index contributed by atoms with van der Waals surface area (Å²) in [5.74, 6) is -0.0399. The van der Waals surface area contributed by atoms with E-state index in [4.69, 9.17) is 27.9 Å². The molecule has 0 bridgehead atoms. The molecule has 0 aliphatic carbocycles. The number of hydrogen-bond acceptors (Lipinski definition) is 2. The lowest BCUT2D eigenvalue weighted by Crippen LogP contribution is -2.21. The molecule has 112 valence electrons. The van der Waals surface area contributed by atoms with Gasteiger partial charge in [-0.15, -0.1) is 0 Å². The minimum atomic E-state index is -0.583. The summed E-state index contributed by atoms with van der Waals surface area (Å²) < 4.78 is 19.3. The number of hydrogen-bond donors (Lipinski definition) is 1. The Morgan fingerprint density at radius 2 is 1.90 bits per heavy atom. The molecule has 0 aliphatic heterocycles. The zero-order valence-electron chi connectivity index (χ0n) is 11.8. The number of halogens is 3. The highest BCUT2D eigenvalue weighted by Crippen LogP contribution is 2.31. The van der Waals surface area contributed by atoms with Crippen LogP contribution in [0.5, 0.6) is 11.5 Å². The second-order valence-electron chi connectivity index (χ2n) is 4.94. The highest BCUT2D eigenvalue weighted by Gasteiger charge is 2.10. The molecule has 5 heteroatoms. The van der Waals surface area contributed by atoms with Crippen LogP contribution in [0, 0.1) is 5.82 Å². The van der Waals surface area contributed by atoms with Gasteiger partial charge in [0.05, 0.1) is 5.02 Å². The molecule has 0 spiro atoms. The monoisotopic (exact) mass is 327 g/mol. The van der Waals surface area contributed by atoms with Crippen LogP contribution in [-0.4, -0.2) is 6.04 Å². The van der Waals surface area contributed by atoms with E-state index < -0.39 is 5.82 Å². The molecule has 0 unspecified atom stereocenters. The van der Waals surface area contributed by atoms with Crippen molar-refractivity contribution in [3.8, 4) is 11.5 Å². The Labute approximate surface area is 133 Å². The maximum Gasteiger partial charge on any atom is 0.184 e. The van der Waals surface area contributed by atoms with Crippen LogP contribution in [-0.2, 0) is 6.54 Å². The van der Waals surface area contributed by atoms with E-state index in [0.717, 1.165) is 5.56 Å². The first-order chi connectivity index (χ1) is 9.97. The lowest BCUT2D eigenvalue weighted by atomic mass is 10.2. The Hall–Kier alpha value is -1.29. The Morgan fingerprint density at radius 3 is 2.57 bits per heavy atom. The van der Waals surface area contributed by atoms with Crippen molar-refractivity contribution in [3.05, 3.63) is 57.8 Å². The molecular formula is C16H16Cl2FNO. The van der Waals surface area contributed by atoms with Gasteiger partial charge in [-0.05, 0) is 29.8 Å². The molecule has 2 rings (SSSR count). The highest BCUT2D eigenvalue weighted by atomic mass is 35.5. The smallest absolute Gasteiger partial charge is 0.184 e. The molecule has 0 radical (unpaired) electrons. The predicted octanol–water partition coefficient (Wildman–Crippen LogP) is 5.42. The number of benzene rings is 2. The van der Waals surface area contributed by atoms with Crippen LogP contribution in [0.4, 0.5) is 4.39 Å². The number of rotatable bonds is 5. The first kappa shape index (κ1) is 16.1. The van der Waals surface area contributed by atoms with Crippen molar-refractivity contribution in [2.75, 3.05) is 0 Å². The molecule has 0 fully saturated rings. The van der Waals surface area contributed by atoms with Crippen molar-refractivity contribution < 1.29 is 9.13 Å². The van der Waals surface area contributed by atoms with E-state index in [9.17, 15) is 4.39 Å². The van der Waals surface area contributed by atoms with Crippen molar-refractivity contribution in [3.63, 3.8) is 0 Å². The minimum Gasteiger partial charge on any atom is -0.454 e. The molecule has 2 aromatic carbocycles. The van der Waals surface area contributed by atoms with Crippen molar-refractivity contribution in [2.24, 2.45) is 0 Å². The van der Waals surface area contributed by atoms with Gasteiger partial charge in [0.1, 0.15) is 5.75 Å². The van der Waals surface area contributed by atoms with E-state index in [1.807, 2.05) is 6.07 Å². The lowest BCUT2D eigenvalue weighted by Gasteiger charge is -2.12. The molecule has 0 saturated carbocycles. The van der Waals surface area contributed by atoms with Gasteiger partial charge in [0.15, 0.2) is 11.6 Å². The molecule has 0 aromatic heterocycles. The summed E-state index contributed by atoms with van der Waals surface area (Å²) in [6, 6.07) is 10.3. The molecule has 0 saturated heterocycles. The zero-order valence-corrected chi connectivity index (χ0v) is 13.3. The fourth-order valence-electron chi connectivity index (χ4n) is 1.74. The van der Waals surface area contributed by atoms with Gasteiger partial charge in [0.2, 0.25) is 0 Å². The normalized spacial score (nSPS) is 11.0. The summed E-state index contributed by atoms with van der Waals surface area (Å²) in [6.07, 6.45) is 0. The van der Waals surface area contributed by atoms with Crippen LogP contribution in [0.15, 0.2) is 36.4 Å². The van der Waals surface area contributed by atoms with Crippen molar-refractivity contribution in [2.45, 2.75) is 26.4 Å². The minimum absolute atomic E-state index is 0.0244. The molecule has 1 N–H and O–H groups in total. The van der Waals surface area contributed by atoms with Gasteiger partial charge in [-0.1, -0.05) is 49.2 Å². The quantitative estimate of drug-likeness (QED) is 0.791. The summed E-state index contributed by atoms with van der Waals surface area (Å²) >= 11 is 11.9. The van der Waals surface area contributed by atoms with Gasteiger partial charge in [-0.25, -0.2) is 4.39 Å². The summed E-state index contributed by atoms with van der Waals surface area (Å²) in [7, 11) is 0. The average Bonchev–Trinajstić information content (AvgIpc) is 2.43. The van der Waals surface area contributed by atoms with Gasteiger partial charge >= 0.3 is 0 Å². The first-order valence-electron chi connectivity index (χ1n) is 6.61. The van der Waals surface area contributed by atoms with Gasteiger partial charge in [0, 0.05) is 17.6 Å². The Balaban J connectivity index is 2.15. The van der Waals surface area contributed by atoms with Crippen LogP contribution in [0.25, 0.3) is 0 Å². The van der Waals surface area contributed by atoms with Gasteiger partial charge in [-0.2, -0.15) is 0 Å². The maximum absolute atomic E-state index is 13.8. The fourth-order valence-corrected chi connectivity index (χ4v) is 2.14. The summed E-state index contributed by atoms with van der Waals surface area (Å²) in [5.41, 5.74) is 0.962. The van der Waals surface area contributed by atoms with E-state index in [0.29, 0.717) is 23.4 Å². The van der Waals surface area contributed by atoms with Crippen LogP contribution in [0.2, 0.25) is 10.0 Å². The van der Waals surface area contributed by atoms with Crippen LogP contribution >= 0.6 is 23.2 Å². The van der Waals surface area contributed by atoms with Gasteiger partial charge in [-0.3, -0.25) is 0 Å². The van der Waals surface area contributed by atoms with Crippen molar-refractivity contribution in [1.29, 1.82) is 0 Å². The predicted molar refractivity (Wildman–Crippen MR) is 84.9 cm³/mol. The molecule has 0 amide bonds. The van der Waals surface area contributed by atoms with Crippen LogP contribution in [0.3, 0.4) is 0 Å². The highest BCUT2D eigenvalue weighted by molar-refractivity contribution is 6.31. The van der Waals surface area contributed by atoms with Crippen molar-refractivity contribution in [1.82, 2.24) is 5.32 Å². The number of nitrogens with one attached hydrogen (secondary N) is 1. The lowest BCUT2D eigenvalue weighted by molar-refractivity contribution is 0.442. The summed E-state index contributed by atoms with van der Waals surface area (Å²) in [5, 5.41) is 3.88. The maximum atomic E-state index is 13.8. The third-order valence-corrected chi connectivity index (χ3v) is 3.51. The third-order valence-electron chi connectivity index (χ3n) is 2.87. The third kappa shape index (κ3) is 4.34. The molecular weight excluding hydrogens is 312 g/mol. The second-order valence-corrected chi connectivity index (χ2v) is 5.76. The largest absolute Gasteiger partial charge is 0.454 e. The molecule has 2 nitrogen and oxygen atoms in total. The van der Waals surface area contributed by atoms with E-state index in [1.165, 1.54) is 12.1 Å². The molecule has 21 heavy (non-hydrogen) atoms. The van der Waals surface area contributed by atoms with Crippen LogP contribution < -0.4 is 10.1 Å². The Kier molecular flexibility index (Phi) is 5.45. The van der Waals surface area contributed by atoms with Gasteiger partial charge < -0.3 is 10.1 Å². The second kappa shape index (κ2) is 7.12. The standard InChI is InChI=1S/C16H16Cl2FNO/c1-10(2)20-9-11-6-7-12(8-14(11)18)21-15-5-3-4-13(17)16(15)19/h3-8,10,20H,9H2,1-2H3. The van der Waals surface area contributed by atoms with E-state index in [-0.39, 0.29) is 10.8 Å². The molecule has 0 atom stereocenters. The van der Waals surface area contributed by atoms with E-state index in [2.05, 4.69) is 19.2 Å². The van der Waals surface area contributed by atoms with Crippen LogP contribution in [0.1, 0.15) is 19.4 Å². The molecule has 0 heterocycles. The molecule has 2 aromatic rings. The van der Waals surface area contributed by atoms with Gasteiger partial charge in [0.25, 0.3) is 0 Å². The van der Waals surface area contributed by atoms with Crippen molar-refractivity contribution >= 4 is 23.2 Å². The Morgan fingerprint density at radius 1 is 1.14 bits per heavy atom. The summed E-state index contributed by atoms with van der Waals surface area (Å²) in [4.78, 5) is 0. The summed E-state index contributed by atoms with van der Waals surface area (Å²) in [6.45, 7) is 4.79. The zero-order chi connectivity index (χ0) is 15.4. The average molecular weight is 328 g/mol. The van der Waals surface area contributed by atoms with E-state index >= 15 is 0 Å². The topological polar surface area (TPSA) is 21.3 Å². The first-order valence-corrected chi connectivity index (χ1v) is 7.36. The fraction of sp³-hybridized carbons (Fsp3) is 0.250. The SMILES string of the molecule is CC(C)NCc1ccc(Oc2cccc(Cl)c2F)cc1Cl. The number of ether oxygens (including phenoxy) is 1. The van der Waals surface area contributed by atoms with E-state index in [1.54, 1.807) is 18.2 Å². The Bertz CT molecular complexity index is 632. The molecule has 0 aliphatic rings.